The minimum absolute atomic E-state index is 0.934. The molecule has 0 saturated carbocycles. The van der Waals surface area contributed by atoms with E-state index in [2.05, 4.69) is 470 Å². The van der Waals surface area contributed by atoms with Crippen molar-refractivity contribution in [3.63, 3.8) is 0 Å². The van der Waals surface area contributed by atoms with E-state index in [1.807, 2.05) is 44.2 Å². The summed E-state index contributed by atoms with van der Waals surface area (Å²) in [5.74, 6) is 0. The van der Waals surface area contributed by atoms with Crippen LogP contribution >= 0.6 is 0 Å². The lowest BCUT2D eigenvalue weighted by Gasteiger charge is -2.14. The molecule has 0 atom stereocenters. The van der Waals surface area contributed by atoms with E-state index in [4.69, 9.17) is 24.9 Å². The smallest absolute Gasteiger partial charge is 0.137 e. The van der Waals surface area contributed by atoms with Crippen molar-refractivity contribution < 1.29 is 0 Å². The number of aromatic nitrogens is 9. The fourth-order valence-corrected chi connectivity index (χ4v) is 18.8. The summed E-state index contributed by atoms with van der Waals surface area (Å²) >= 11 is 0. The molecule has 0 radical (unpaired) electrons. The average Bonchev–Trinajstić information content (AvgIpc) is 1.49. The van der Waals surface area contributed by atoms with Crippen molar-refractivity contribution in [3.8, 4) is 168 Å². The summed E-state index contributed by atoms with van der Waals surface area (Å²) in [4.78, 5) is 29.5. The first kappa shape index (κ1) is 82.3. The van der Waals surface area contributed by atoms with Crippen LogP contribution in [0.5, 0.6) is 0 Å². The normalized spacial score (nSPS) is 11.3. The summed E-state index contributed by atoms with van der Waals surface area (Å²) in [6.45, 7) is 10.3. The van der Waals surface area contributed by atoms with Crippen molar-refractivity contribution in [1.29, 1.82) is 0 Å². The fraction of sp³-hybridized carbons (Fsp3) is 0.0400. The Morgan fingerprint density at radius 2 is 0.448 bits per heavy atom. The van der Waals surface area contributed by atoms with Crippen molar-refractivity contribution in [2.45, 2.75) is 34.6 Å². The van der Waals surface area contributed by atoms with Gasteiger partial charge in [-0.2, -0.15) is 0 Å². The van der Waals surface area contributed by atoms with E-state index >= 15 is 0 Å². The van der Waals surface area contributed by atoms with E-state index in [0.717, 1.165) is 158 Å². The van der Waals surface area contributed by atoms with Crippen molar-refractivity contribution in [1.82, 2.24) is 43.1 Å². The number of hydrogen-bond donors (Lipinski definition) is 0. The highest BCUT2D eigenvalue weighted by atomic mass is 15.0. The first-order valence-corrected chi connectivity index (χ1v) is 45.6. The number of fused-ring (bicyclic) bond motifs is 6. The molecule has 0 spiro atoms. The molecular weight excluding hydrogens is 1630 g/mol. The summed E-state index contributed by atoms with van der Waals surface area (Å²) < 4.78 is 6.53. The lowest BCUT2D eigenvalue weighted by atomic mass is 9.91. The summed E-state index contributed by atoms with van der Waals surface area (Å²) in [5, 5.41) is 7.44. The zero-order valence-corrected chi connectivity index (χ0v) is 74.9. The van der Waals surface area contributed by atoms with Gasteiger partial charge in [0.15, 0.2) is 0 Å². The Kier molecular flexibility index (Phi) is 22.1. The third kappa shape index (κ3) is 16.8. The molecular formula is C125H91N9. The van der Waals surface area contributed by atoms with Crippen LogP contribution in [0.15, 0.2) is 461 Å². The third-order valence-corrected chi connectivity index (χ3v) is 25.4. The largest absolute Gasteiger partial charge is 0.299 e. The second-order valence-electron chi connectivity index (χ2n) is 34.5. The number of pyridine rings is 6. The van der Waals surface area contributed by atoms with Crippen LogP contribution in [0.4, 0.5) is 0 Å². The van der Waals surface area contributed by atoms with Crippen molar-refractivity contribution in [2.24, 2.45) is 0 Å². The lowest BCUT2D eigenvalue weighted by Crippen LogP contribution is -1.92. The Hall–Kier alpha value is -17.4. The topological polar surface area (TPSA) is 90.6 Å². The molecule has 134 heavy (non-hydrogen) atoms. The molecule has 9 aromatic heterocycles. The van der Waals surface area contributed by atoms with E-state index in [1.165, 1.54) is 88.0 Å². The zero-order chi connectivity index (χ0) is 90.1. The minimum atomic E-state index is 0.934. The molecule has 0 aliphatic rings. The maximum atomic E-state index is 5.07. The van der Waals surface area contributed by atoms with E-state index in [-0.39, 0.29) is 0 Å². The van der Waals surface area contributed by atoms with Crippen molar-refractivity contribution >= 4 is 49.3 Å². The monoisotopic (exact) mass is 1720 g/mol. The maximum Gasteiger partial charge on any atom is 0.137 e. The highest BCUT2D eigenvalue weighted by Crippen LogP contribution is 2.44. The van der Waals surface area contributed by atoms with E-state index < -0.39 is 0 Å². The molecule has 0 aliphatic carbocycles. The summed E-state index contributed by atoms with van der Waals surface area (Å²) in [7, 11) is 0. The molecule has 0 unspecified atom stereocenters. The van der Waals surface area contributed by atoms with Crippen molar-refractivity contribution in [3.05, 3.63) is 490 Å². The van der Waals surface area contributed by atoms with Crippen LogP contribution in [-0.4, -0.2) is 43.1 Å². The molecule has 9 nitrogen and oxygen atoms in total. The number of rotatable bonds is 15. The van der Waals surface area contributed by atoms with Gasteiger partial charge in [0.2, 0.25) is 0 Å². The van der Waals surface area contributed by atoms with Gasteiger partial charge in [-0.1, -0.05) is 303 Å². The first-order valence-electron chi connectivity index (χ1n) is 45.6. The molecule has 9 heteroatoms. The quantitative estimate of drug-likeness (QED) is 0.102. The van der Waals surface area contributed by atoms with Gasteiger partial charge in [-0.05, 0) is 290 Å². The average molecular weight is 1720 g/mol. The molecule has 0 bridgehead atoms. The fourth-order valence-electron chi connectivity index (χ4n) is 18.8. The Morgan fingerprint density at radius 1 is 0.157 bits per heavy atom. The third-order valence-electron chi connectivity index (χ3n) is 25.4. The standard InChI is InChI=1S/2C42H31N3.C41H29N3/c1-28-15-22-39(29(2)43-28)38-26-36(25-37(27-38)35-21-18-30-10-6-7-13-34(30)24-35)31-16-19-32(20-17-31)41-42(33-11-4-3-5-12-33)45-23-9-8-14-40(45)44-41;1-28-22-36(23-29(2)43-28)39-26-37(25-38(27-39)35-20-17-30-10-6-7-13-34(30)24-35)31-15-18-32(19-16-31)41-42(33-11-4-3-5-12-33)45-21-9-8-14-40(45)44-41;1-28-10-9-15-38(42-28)37-26-35(25-36(27-37)34-22-19-29-11-5-6-14-33(29)24-34)30-17-20-31(21-18-30)40-41(32-12-3-2-4-13-32)44-23-8-7-16-39(44)43-40/h2*3-27H,1-2H3;2-27H,1H3. The van der Waals surface area contributed by atoms with Crippen LogP contribution in [0.2, 0.25) is 0 Å². The molecule has 9 heterocycles. The number of imidazole rings is 3. The number of hydrogen-bond acceptors (Lipinski definition) is 6. The van der Waals surface area contributed by atoms with Gasteiger partial charge < -0.3 is 0 Å². The van der Waals surface area contributed by atoms with Gasteiger partial charge in [0.25, 0.3) is 0 Å². The van der Waals surface area contributed by atoms with Gasteiger partial charge in [-0.3, -0.25) is 28.2 Å². The highest BCUT2D eigenvalue weighted by molar-refractivity contribution is 5.95. The van der Waals surface area contributed by atoms with Crippen LogP contribution < -0.4 is 0 Å². The molecule has 0 amide bonds. The minimum Gasteiger partial charge on any atom is -0.299 e. The summed E-state index contributed by atoms with van der Waals surface area (Å²) in [6, 6.07) is 158. The van der Waals surface area contributed by atoms with Gasteiger partial charge in [-0.25, -0.2) is 15.0 Å². The van der Waals surface area contributed by atoms with E-state index in [9.17, 15) is 0 Å². The Balaban J connectivity index is 0.000000117. The van der Waals surface area contributed by atoms with Crippen LogP contribution in [-0.2, 0) is 0 Å². The van der Waals surface area contributed by atoms with Crippen LogP contribution in [0.1, 0.15) is 28.5 Å². The van der Waals surface area contributed by atoms with Crippen LogP contribution in [0.3, 0.4) is 0 Å². The van der Waals surface area contributed by atoms with Crippen LogP contribution in [0.25, 0.3) is 217 Å². The van der Waals surface area contributed by atoms with Gasteiger partial charge in [0.05, 0.1) is 39.9 Å². The second kappa shape index (κ2) is 35.9. The SMILES string of the molecule is Cc1cc(-c2cc(-c3ccc(-c4nc5ccccn5c4-c4ccccc4)cc3)cc(-c3ccc4ccccc4c3)c2)cc(C)n1.Cc1ccc(-c2cc(-c3ccc(-c4nc5ccccn5c4-c4ccccc4)cc3)cc(-c3ccc4ccccc4c3)c2)c(C)n1.Cc1cccc(-c2cc(-c3ccc(-c4nc5ccccn5c4-c4ccccc4)cc3)cc(-c3ccc4ccccc4c3)c2)n1. The molecule has 24 aromatic rings. The molecule has 636 valence electrons. The van der Waals surface area contributed by atoms with Gasteiger partial charge in [-0.15, -0.1) is 0 Å². The number of benzene rings is 15. The first-order chi connectivity index (χ1) is 65.9. The second-order valence-corrected chi connectivity index (χ2v) is 34.5. The van der Waals surface area contributed by atoms with Gasteiger partial charge in [0, 0.05) is 91.6 Å². The summed E-state index contributed by atoms with van der Waals surface area (Å²) in [5.41, 5.74) is 41.7. The van der Waals surface area contributed by atoms with E-state index in [1.54, 1.807) is 0 Å². The summed E-state index contributed by atoms with van der Waals surface area (Å²) in [6.07, 6.45) is 6.26. The van der Waals surface area contributed by atoms with Crippen molar-refractivity contribution in [2.75, 3.05) is 0 Å². The maximum absolute atomic E-state index is 5.07. The Morgan fingerprint density at radius 3 is 0.806 bits per heavy atom. The van der Waals surface area contributed by atoms with Gasteiger partial charge in [0.1, 0.15) is 16.9 Å². The molecule has 24 rings (SSSR count). The van der Waals surface area contributed by atoms with E-state index in [0.29, 0.717) is 0 Å². The lowest BCUT2D eigenvalue weighted by molar-refractivity contribution is 1.12. The van der Waals surface area contributed by atoms with Crippen LogP contribution in [0, 0.1) is 34.6 Å². The molecule has 0 saturated heterocycles. The predicted octanol–water partition coefficient (Wildman–Crippen LogP) is 32.2. The molecule has 0 fully saturated rings. The zero-order valence-electron chi connectivity index (χ0n) is 74.9. The molecule has 0 N–H and O–H groups in total. The number of aryl methyl sites for hydroxylation is 5. The predicted molar refractivity (Wildman–Crippen MR) is 557 cm³/mol. The Labute approximate surface area is 779 Å². The van der Waals surface area contributed by atoms with Gasteiger partial charge >= 0.3 is 0 Å². The Bertz CT molecular complexity index is 8500. The number of nitrogens with zero attached hydrogens (tertiary/aromatic N) is 9. The molecule has 0 aliphatic heterocycles. The molecule has 15 aromatic carbocycles. The highest BCUT2D eigenvalue weighted by Gasteiger charge is 2.23.